The first-order valence-electron chi connectivity index (χ1n) is 15.5. The molecule has 220 valence electrons. The van der Waals surface area contributed by atoms with Crippen LogP contribution in [0.25, 0.3) is 0 Å². The Hall–Kier alpha value is -1.69. The van der Waals surface area contributed by atoms with Crippen molar-refractivity contribution in [1.82, 2.24) is 0 Å². The van der Waals surface area contributed by atoms with Crippen molar-refractivity contribution in [3.05, 3.63) is 35.9 Å². The number of ether oxygens (including phenoxy) is 2. The first-order valence-corrected chi connectivity index (χ1v) is 16.4. The molecule has 0 amide bonds. The summed E-state index contributed by atoms with van der Waals surface area (Å²) < 4.78 is 11.9. The SMILES string of the molecule is CC(=O)O[C@H]1CC[C@@]2(C)[C@@H](CC[C@@H]3[C@@H]2C[C@@H](OC(C)=O)[C@]2(C)[C@@H]([C@@H](C)C[C@H](Br)C(=O)c4ccccc4)CC[C@@H]32)C1. The molecule has 1 aromatic carbocycles. The number of halogens is 1. The first kappa shape index (κ1) is 29.8. The maximum absolute atomic E-state index is 13.2. The standard InChI is InChI=1S/C34H47BrO5/c1-20(17-30(35)32(38)23-9-7-6-8-10-23)27-13-14-28-26-12-11-24-18-25(39-21(2)36)15-16-33(24,4)29(26)19-31(34(27,28)5)40-22(3)37/h6-10,20,24-31H,11-19H2,1-5H3/t20-,24-,25-,26-,27+,28-,29-,30-,31+,33-,34+/m0/s1. The molecule has 4 fully saturated rings. The van der Waals surface area contributed by atoms with E-state index in [2.05, 4.69) is 36.7 Å². The van der Waals surface area contributed by atoms with E-state index < -0.39 is 0 Å². The van der Waals surface area contributed by atoms with Crippen LogP contribution >= 0.6 is 15.9 Å². The zero-order valence-electron chi connectivity index (χ0n) is 24.9. The summed E-state index contributed by atoms with van der Waals surface area (Å²) in [6, 6.07) is 9.55. The molecule has 6 heteroatoms. The van der Waals surface area contributed by atoms with Crippen molar-refractivity contribution in [2.45, 2.75) is 109 Å². The van der Waals surface area contributed by atoms with Crippen LogP contribution in [0.2, 0.25) is 0 Å². The zero-order valence-corrected chi connectivity index (χ0v) is 26.5. The lowest BCUT2D eigenvalue weighted by Gasteiger charge is -2.62. The molecule has 0 radical (unpaired) electrons. The van der Waals surface area contributed by atoms with Crippen molar-refractivity contribution in [2.24, 2.45) is 46.3 Å². The summed E-state index contributed by atoms with van der Waals surface area (Å²) >= 11 is 3.74. The second-order valence-corrected chi connectivity index (χ2v) is 15.1. The molecule has 1 aromatic rings. The zero-order chi connectivity index (χ0) is 28.8. The van der Waals surface area contributed by atoms with Gasteiger partial charge in [-0.15, -0.1) is 0 Å². The Bertz CT molecular complexity index is 1100. The maximum atomic E-state index is 13.2. The van der Waals surface area contributed by atoms with E-state index in [0.717, 1.165) is 44.1 Å². The van der Waals surface area contributed by atoms with Crippen molar-refractivity contribution in [3.8, 4) is 0 Å². The van der Waals surface area contributed by atoms with Crippen molar-refractivity contribution >= 4 is 33.7 Å². The van der Waals surface area contributed by atoms with Gasteiger partial charge in [0.15, 0.2) is 5.78 Å². The molecule has 0 N–H and O–H groups in total. The van der Waals surface area contributed by atoms with Crippen LogP contribution in [0.5, 0.6) is 0 Å². The highest BCUT2D eigenvalue weighted by Gasteiger charge is 2.65. The van der Waals surface area contributed by atoms with Crippen molar-refractivity contribution in [3.63, 3.8) is 0 Å². The fraction of sp³-hybridized carbons (Fsp3) is 0.735. The van der Waals surface area contributed by atoms with Gasteiger partial charge in [0.1, 0.15) is 12.2 Å². The number of ketones is 1. The number of Topliss-reactive ketones (excluding diaryl/α,β-unsaturated/α-hetero) is 1. The average Bonchev–Trinajstić information content (AvgIpc) is 3.27. The Balaban J connectivity index is 1.37. The number of hydrogen-bond acceptors (Lipinski definition) is 5. The molecular formula is C34H47BrO5. The van der Waals surface area contributed by atoms with Gasteiger partial charge in [0.05, 0.1) is 4.83 Å². The van der Waals surface area contributed by atoms with Gasteiger partial charge in [-0.3, -0.25) is 14.4 Å². The smallest absolute Gasteiger partial charge is 0.302 e. The minimum atomic E-state index is -0.224. The molecule has 5 rings (SSSR count). The predicted molar refractivity (Wildman–Crippen MR) is 159 cm³/mol. The van der Waals surface area contributed by atoms with Crippen LogP contribution in [-0.2, 0) is 19.1 Å². The van der Waals surface area contributed by atoms with Crippen LogP contribution in [0, 0.1) is 46.3 Å². The third-order valence-electron chi connectivity index (χ3n) is 12.0. The summed E-state index contributed by atoms with van der Waals surface area (Å²) in [4.78, 5) is 37.1. The van der Waals surface area contributed by atoms with E-state index >= 15 is 0 Å². The van der Waals surface area contributed by atoms with Gasteiger partial charge in [0.25, 0.3) is 0 Å². The Kier molecular flexibility index (Phi) is 8.59. The lowest BCUT2D eigenvalue weighted by molar-refractivity contribution is -0.197. The topological polar surface area (TPSA) is 69.7 Å². The molecule has 0 heterocycles. The maximum Gasteiger partial charge on any atom is 0.302 e. The van der Waals surface area contributed by atoms with Crippen molar-refractivity contribution in [1.29, 1.82) is 0 Å². The summed E-state index contributed by atoms with van der Waals surface area (Å²) in [5.41, 5.74) is 0.845. The highest BCUT2D eigenvalue weighted by atomic mass is 79.9. The van der Waals surface area contributed by atoms with Gasteiger partial charge < -0.3 is 9.47 Å². The van der Waals surface area contributed by atoms with Gasteiger partial charge in [0, 0.05) is 24.8 Å². The second kappa shape index (κ2) is 11.5. The monoisotopic (exact) mass is 614 g/mol. The largest absolute Gasteiger partial charge is 0.463 e. The fourth-order valence-corrected chi connectivity index (χ4v) is 11.1. The number of hydrogen-bond donors (Lipinski definition) is 0. The molecule has 4 aliphatic carbocycles. The summed E-state index contributed by atoms with van der Waals surface area (Å²) in [5.74, 6) is 2.72. The molecule has 40 heavy (non-hydrogen) atoms. The Morgan fingerprint density at radius 3 is 2.30 bits per heavy atom. The molecule has 11 atom stereocenters. The lowest BCUT2D eigenvalue weighted by atomic mass is 9.43. The van der Waals surface area contributed by atoms with Crippen LogP contribution in [0.15, 0.2) is 30.3 Å². The summed E-state index contributed by atoms with van der Waals surface area (Å²) in [7, 11) is 0. The molecular weight excluding hydrogens is 568 g/mol. The van der Waals surface area contributed by atoms with Gasteiger partial charge >= 0.3 is 11.9 Å². The quantitative estimate of drug-likeness (QED) is 0.178. The van der Waals surface area contributed by atoms with E-state index in [4.69, 9.17) is 9.47 Å². The molecule has 0 spiro atoms. The third-order valence-corrected chi connectivity index (χ3v) is 12.8. The molecule has 0 bridgehead atoms. The third kappa shape index (κ3) is 5.31. The average molecular weight is 616 g/mol. The molecule has 0 aliphatic heterocycles. The first-order chi connectivity index (χ1) is 18.9. The number of carbonyl (C=O) groups excluding carboxylic acids is 3. The molecule has 0 aromatic heterocycles. The Labute approximate surface area is 248 Å². The molecule has 4 saturated carbocycles. The molecule has 4 aliphatic rings. The number of alkyl halides is 1. The number of rotatable bonds is 7. The molecule has 0 saturated heterocycles. The van der Waals surface area contributed by atoms with Gasteiger partial charge in [0.2, 0.25) is 0 Å². The van der Waals surface area contributed by atoms with Crippen LogP contribution in [0.1, 0.15) is 103 Å². The Morgan fingerprint density at radius 1 is 0.925 bits per heavy atom. The Morgan fingerprint density at radius 2 is 1.62 bits per heavy atom. The van der Waals surface area contributed by atoms with Crippen LogP contribution in [0.4, 0.5) is 0 Å². The number of benzene rings is 1. The summed E-state index contributed by atoms with van der Waals surface area (Å²) in [6.45, 7) is 10.3. The van der Waals surface area contributed by atoms with E-state index in [1.807, 2.05) is 30.3 Å². The van der Waals surface area contributed by atoms with Gasteiger partial charge in [-0.2, -0.15) is 0 Å². The van der Waals surface area contributed by atoms with Gasteiger partial charge in [-0.05, 0) is 98.7 Å². The molecule has 0 unspecified atom stereocenters. The van der Waals surface area contributed by atoms with Crippen molar-refractivity contribution < 1.29 is 23.9 Å². The minimum Gasteiger partial charge on any atom is -0.463 e. The normalized spacial score (nSPS) is 40.1. The highest BCUT2D eigenvalue weighted by Crippen LogP contribution is 2.69. The fourth-order valence-electron chi connectivity index (χ4n) is 10.2. The van der Waals surface area contributed by atoms with Crippen LogP contribution in [-0.4, -0.2) is 34.8 Å². The van der Waals surface area contributed by atoms with E-state index in [0.29, 0.717) is 35.5 Å². The van der Waals surface area contributed by atoms with E-state index in [1.54, 1.807) is 6.92 Å². The molecule has 5 nitrogen and oxygen atoms in total. The van der Waals surface area contributed by atoms with E-state index in [-0.39, 0.29) is 45.6 Å². The highest BCUT2D eigenvalue weighted by molar-refractivity contribution is 9.10. The van der Waals surface area contributed by atoms with Gasteiger partial charge in [-0.1, -0.05) is 67.0 Å². The number of fused-ring (bicyclic) bond motifs is 5. The predicted octanol–water partition coefficient (Wildman–Crippen LogP) is 7.79. The second-order valence-electron chi connectivity index (χ2n) is 14.0. The van der Waals surface area contributed by atoms with E-state index in [1.165, 1.54) is 26.2 Å². The minimum absolute atomic E-state index is 0.0396. The summed E-state index contributed by atoms with van der Waals surface area (Å²) in [5, 5.41) is 0. The van der Waals surface area contributed by atoms with Crippen LogP contribution < -0.4 is 0 Å². The number of carbonyl (C=O) groups is 3. The van der Waals surface area contributed by atoms with E-state index in [9.17, 15) is 14.4 Å². The van der Waals surface area contributed by atoms with Crippen molar-refractivity contribution in [2.75, 3.05) is 0 Å². The number of esters is 2. The summed E-state index contributed by atoms with van der Waals surface area (Å²) in [6.07, 6.45) is 9.28. The lowest BCUT2D eigenvalue weighted by Crippen LogP contribution is -2.59. The van der Waals surface area contributed by atoms with Crippen LogP contribution in [0.3, 0.4) is 0 Å². The van der Waals surface area contributed by atoms with Gasteiger partial charge in [-0.25, -0.2) is 0 Å².